The van der Waals surface area contributed by atoms with Gasteiger partial charge in [0, 0.05) is 63.3 Å². The number of nitrogens with one attached hydrogen (secondary N) is 2. The number of nitrogens with zero attached hydrogens (tertiary/aromatic N) is 3. The molecule has 8 nitrogen and oxygen atoms in total. The molecule has 2 aromatic heterocycles. The number of aromatic amines is 1. The molecule has 1 saturated heterocycles. The Morgan fingerprint density at radius 1 is 1.43 bits per heavy atom. The van der Waals surface area contributed by atoms with Gasteiger partial charge in [-0.05, 0) is 43.5 Å². The summed E-state index contributed by atoms with van der Waals surface area (Å²) in [6.45, 7) is 4.37. The summed E-state index contributed by atoms with van der Waals surface area (Å²) in [5.41, 5.74) is 7.84. The second kappa shape index (κ2) is 10.1. The molecule has 1 atom stereocenters. The summed E-state index contributed by atoms with van der Waals surface area (Å²) in [6.07, 6.45) is 8.50. The van der Waals surface area contributed by atoms with Crippen molar-refractivity contribution < 1.29 is 4.79 Å². The third-order valence-electron chi connectivity index (χ3n) is 5.43. The van der Waals surface area contributed by atoms with Gasteiger partial charge in [-0.1, -0.05) is 6.08 Å². The number of H-pyrrole nitrogens is 1. The summed E-state index contributed by atoms with van der Waals surface area (Å²) in [5, 5.41) is 3.03. The van der Waals surface area contributed by atoms with Crippen LogP contribution in [0.4, 0.5) is 11.5 Å². The van der Waals surface area contributed by atoms with Crippen molar-refractivity contribution in [3.8, 4) is 11.1 Å². The number of pyridine rings is 2. The van der Waals surface area contributed by atoms with Crippen LogP contribution in [0.3, 0.4) is 0 Å². The lowest BCUT2D eigenvalue weighted by molar-refractivity contribution is -0.127. The van der Waals surface area contributed by atoms with Gasteiger partial charge in [-0.3, -0.25) is 9.59 Å². The maximum atomic E-state index is 12.7. The number of amides is 1. The normalized spacial score (nSPS) is 16.6. The van der Waals surface area contributed by atoms with E-state index in [4.69, 9.17) is 5.73 Å². The van der Waals surface area contributed by atoms with Crippen LogP contribution in [-0.4, -0.2) is 60.0 Å². The zero-order valence-electron chi connectivity index (χ0n) is 17.6. The topological polar surface area (TPSA) is 107 Å². The van der Waals surface area contributed by atoms with Crippen molar-refractivity contribution >= 4 is 17.4 Å². The van der Waals surface area contributed by atoms with Crippen molar-refractivity contribution in [3.63, 3.8) is 0 Å². The highest BCUT2D eigenvalue weighted by atomic mass is 16.2. The first-order valence-corrected chi connectivity index (χ1v) is 10.4. The Bertz CT molecular complexity index is 955. The van der Waals surface area contributed by atoms with E-state index >= 15 is 0 Å². The number of aromatic nitrogens is 2. The fraction of sp³-hybridized carbons (Fsp3) is 0.409. The monoisotopic (exact) mass is 410 g/mol. The van der Waals surface area contributed by atoms with Crippen LogP contribution in [0, 0.1) is 0 Å². The van der Waals surface area contributed by atoms with Gasteiger partial charge in [0.15, 0.2) is 0 Å². The summed E-state index contributed by atoms with van der Waals surface area (Å²) < 4.78 is 0. The molecule has 0 radical (unpaired) electrons. The van der Waals surface area contributed by atoms with Gasteiger partial charge in [0.05, 0.1) is 0 Å². The molecule has 8 heteroatoms. The van der Waals surface area contributed by atoms with Crippen LogP contribution in [-0.2, 0) is 4.79 Å². The zero-order valence-corrected chi connectivity index (χ0v) is 17.6. The van der Waals surface area contributed by atoms with Gasteiger partial charge in [-0.25, -0.2) is 4.98 Å². The van der Waals surface area contributed by atoms with Gasteiger partial charge in [-0.15, -0.1) is 0 Å². The van der Waals surface area contributed by atoms with Crippen LogP contribution < -0.4 is 21.5 Å². The first-order valence-electron chi connectivity index (χ1n) is 10.4. The van der Waals surface area contributed by atoms with Gasteiger partial charge in [-0.2, -0.15) is 0 Å². The number of hydrogen-bond acceptors (Lipinski definition) is 6. The number of likely N-dealkylation sites (N-methyl/N-ethyl adjacent to an activating group) is 1. The quantitative estimate of drug-likeness (QED) is 0.601. The summed E-state index contributed by atoms with van der Waals surface area (Å²) in [6, 6.07) is 5.87. The standard InChI is InChI=1S/C22H30N6O2/c1-3-28(18-6-5-11-27(15-18)21(29)7-4-9-23)19-12-17(14-26-22(19)30)16-8-10-25-20(13-16)24-2/h4,7-8,10,12-14,18H,3,5-6,9,11,15,23H2,1-2H3,(H,24,25)(H,26,30)/b7-4+. The fourth-order valence-corrected chi connectivity index (χ4v) is 3.91. The highest BCUT2D eigenvalue weighted by molar-refractivity contribution is 5.87. The van der Waals surface area contributed by atoms with Gasteiger partial charge in [0.1, 0.15) is 11.5 Å². The average Bonchev–Trinajstić information content (AvgIpc) is 2.79. The summed E-state index contributed by atoms with van der Waals surface area (Å²) in [4.78, 5) is 36.2. The Morgan fingerprint density at radius 3 is 3.00 bits per heavy atom. The van der Waals surface area contributed by atoms with E-state index in [9.17, 15) is 9.59 Å². The number of hydrogen-bond donors (Lipinski definition) is 3. The second-order valence-corrected chi connectivity index (χ2v) is 7.29. The predicted octanol–water partition coefficient (Wildman–Crippen LogP) is 1.81. The number of piperidine rings is 1. The molecule has 0 spiro atoms. The largest absolute Gasteiger partial charge is 0.373 e. The molecule has 0 aliphatic carbocycles. The minimum Gasteiger partial charge on any atom is -0.373 e. The highest BCUT2D eigenvalue weighted by Crippen LogP contribution is 2.26. The minimum absolute atomic E-state index is 0.0276. The molecule has 0 saturated carbocycles. The van der Waals surface area contributed by atoms with Crippen molar-refractivity contribution in [1.29, 1.82) is 0 Å². The summed E-state index contributed by atoms with van der Waals surface area (Å²) in [7, 11) is 1.82. The molecule has 2 aromatic rings. The van der Waals surface area contributed by atoms with E-state index in [-0.39, 0.29) is 17.5 Å². The number of likely N-dealkylation sites (tertiary alicyclic amines) is 1. The molecule has 0 bridgehead atoms. The average molecular weight is 411 g/mol. The third kappa shape index (κ3) is 4.88. The van der Waals surface area contributed by atoms with E-state index in [2.05, 4.69) is 20.2 Å². The lowest BCUT2D eigenvalue weighted by Gasteiger charge is -2.39. The van der Waals surface area contributed by atoms with Crippen LogP contribution in [0.15, 0.2) is 47.5 Å². The molecule has 0 aromatic carbocycles. The zero-order chi connectivity index (χ0) is 21.5. The third-order valence-corrected chi connectivity index (χ3v) is 5.43. The molecule has 1 unspecified atom stereocenters. The maximum absolute atomic E-state index is 12.7. The van der Waals surface area contributed by atoms with E-state index in [1.807, 2.05) is 37.1 Å². The number of anilines is 2. The first-order chi connectivity index (χ1) is 14.6. The van der Waals surface area contributed by atoms with Crippen molar-refractivity contribution in [2.75, 3.05) is 43.4 Å². The van der Waals surface area contributed by atoms with E-state index in [1.54, 1.807) is 18.5 Å². The Balaban J connectivity index is 1.88. The number of carbonyl (C=O) groups excluding carboxylic acids is 1. The van der Waals surface area contributed by atoms with Gasteiger partial charge in [0.25, 0.3) is 5.56 Å². The van der Waals surface area contributed by atoms with E-state index in [0.717, 1.165) is 36.3 Å². The van der Waals surface area contributed by atoms with Crippen LogP contribution in [0.1, 0.15) is 19.8 Å². The van der Waals surface area contributed by atoms with Gasteiger partial charge < -0.3 is 25.8 Å². The SMILES string of the molecule is CCN(c1cc(-c2ccnc(NC)c2)c[nH]c1=O)C1CCCN(C(=O)/C=C/CN)C1. The Morgan fingerprint density at radius 2 is 2.27 bits per heavy atom. The second-order valence-electron chi connectivity index (χ2n) is 7.29. The molecule has 3 rings (SSSR count). The number of rotatable bonds is 7. The van der Waals surface area contributed by atoms with Crippen molar-refractivity contribution in [1.82, 2.24) is 14.9 Å². The van der Waals surface area contributed by atoms with E-state index in [1.165, 1.54) is 6.08 Å². The van der Waals surface area contributed by atoms with Crippen LogP contribution in [0.2, 0.25) is 0 Å². The lowest BCUT2D eigenvalue weighted by atomic mass is 10.0. The maximum Gasteiger partial charge on any atom is 0.271 e. The fourth-order valence-electron chi connectivity index (χ4n) is 3.91. The smallest absolute Gasteiger partial charge is 0.271 e. The number of carbonyl (C=O) groups is 1. The van der Waals surface area contributed by atoms with Gasteiger partial charge >= 0.3 is 0 Å². The highest BCUT2D eigenvalue weighted by Gasteiger charge is 2.28. The van der Waals surface area contributed by atoms with Crippen molar-refractivity contribution in [3.05, 3.63) is 53.1 Å². The minimum atomic E-state index is -0.130. The first kappa shape index (κ1) is 21.6. The predicted molar refractivity (Wildman–Crippen MR) is 121 cm³/mol. The van der Waals surface area contributed by atoms with E-state index in [0.29, 0.717) is 25.3 Å². The number of nitrogens with two attached hydrogens (primary N) is 1. The molecular weight excluding hydrogens is 380 g/mol. The van der Waals surface area contributed by atoms with E-state index < -0.39 is 0 Å². The molecule has 1 aliphatic rings. The Kier molecular flexibility index (Phi) is 7.24. The van der Waals surface area contributed by atoms with Crippen LogP contribution in [0.25, 0.3) is 11.1 Å². The van der Waals surface area contributed by atoms with Crippen LogP contribution >= 0.6 is 0 Å². The molecule has 1 amide bonds. The van der Waals surface area contributed by atoms with Crippen molar-refractivity contribution in [2.24, 2.45) is 5.73 Å². The molecule has 3 heterocycles. The molecule has 160 valence electrons. The van der Waals surface area contributed by atoms with Crippen LogP contribution in [0.5, 0.6) is 0 Å². The molecule has 1 fully saturated rings. The van der Waals surface area contributed by atoms with Crippen molar-refractivity contribution in [2.45, 2.75) is 25.8 Å². The Labute approximate surface area is 176 Å². The summed E-state index contributed by atoms with van der Waals surface area (Å²) >= 11 is 0. The molecular formula is C22H30N6O2. The molecule has 30 heavy (non-hydrogen) atoms. The summed E-state index contributed by atoms with van der Waals surface area (Å²) in [5.74, 6) is 0.736. The van der Waals surface area contributed by atoms with Gasteiger partial charge in [0.2, 0.25) is 5.91 Å². The lowest BCUT2D eigenvalue weighted by Crippen LogP contribution is -2.50. The Hall–Kier alpha value is -3.13. The molecule has 1 aliphatic heterocycles. The molecule has 4 N–H and O–H groups in total.